The van der Waals surface area contributed by atoms with Crippen molar-refractivity contribution in [2.75, 3.05) is 0 Å². The van der Waals surface area contributed by atoms with E-state index >= 15 is 0 Å². The van der Waals surface area contributed by atoms with Crippen molar-refractivity contribution in [2.45, 2.75) is 0 Å². The molecule has 9 nitrogen and oxygen atoms in total. The van der Waals surface area contributed by atoms with E-state index < -0.39 is 0 Å². The third-order valence-corrected chi connectivity index (χ3v) is 26.1. The Morgan fingerprint density at radius 2 is 0.333 bits per heavy atom. The highest BCUT2D eigenvalue weighted by molar-refractivity contribution is 6.29. The molecular weight excluding hydrogens is 1600 g/mol. The van der Waals surface area contributed by atoms with Crippen molar-refractivity contribution in [3.63, 3.8) is 0 Å². The molecule has 0 radical (unpaired) electrons. The third kappa shape index (κ3) is 13.7. The number of pyridine rings is 9. The molecule has 9 aromatic heterocycles. The van der Waals surface area contributed by atoms with Gasteiger partial charge in [0.15, 0.2) is 0 Å². The first-order valence-corrected chi connectivity index (χ1v) is 44.6. The molecule has 27 rings (SSSR count). The molecule has 18 aromatic carbocycles. The van der Waals surface area contributed by atoms with Crippen LogP contribution in [0.2, 0.25) is 0 Å². The smallest absolute Gasteiger partial charge is 0.0973 e. The summed E-state index contributed by atoms with van der Waals surface area (Å²) in [5.74, 6) is 0. The van der Waals surface area contributed by atoms with E-state index in [0.717, 1.165) is 139 Å². The molecule has 132 heavy (non-hydrogen) atoms. The summed E-state index contributed by atoms with van der Waals surface area (Å²) in [6.45, 7) is 0. The Balaban J connectivity index is 0.000000106. The SMILES string of the molecule is c1ccc(-c2ccc3ccc4ccc(-c5ccc(-c6ccc7c8ccccc8c8ccccc8c7c6)cc5)nc4c3n2)nc1.c1ccc(-c2ccc3ccc4ccc(-c5cccc(-c6ccc7c8ccccc8c8ccccc8c7c6)c5)nc4c3n2)nc1.c1ccc2c(c1)c1ccccc1c1cc(-c3ccc(-c4ccc5ccc6ccc(-c7ccncc7)nc6c5n4)cc3)ccc21. The Labute approximate surface area is 758 Å². The fourth-order valence-electron chi connectivity index (χ4n) is 19.6. The molecule has 0 aliphatic carbocycles. The highest BCUT2D eigenvalue weighted by atomic mass is 14.8. The predicted molar refractivity (Wildman–Crippen MR) is 551 cm³/mol. The van der Waals surface area contributed by atoms with E-state index in [1.807, 2.05) is 60.7 Å². The minimum absolute atomic E-state index is 0.844. The molecule has 0 fully saturated rings. The molecule has 9 heteroatoms. The lowest BCUT2D eigenvalue weighted by molar-refractivity contribution is 1.27. The number of aromatic nitrogens is 9. The maximum Gasteiger partial charge on any atom is 0.0973 e. The average Bonchev–Trinajstić information content (AvgIpc) is 0.755. The summed E-state index contributed by atoms with van der Waals surface area (Å²) >= 11 is 0. The number of fused-ring (bicyclic) bond motifs is 27. The van der Waals surface area contributed by atoms with Crippen LogP contribution in [0, 0.1) is 0 Å². The zero-order chi connectivity index (χ0) is 87.1. The van der Waals surface area contributed by atoms with Gasteiger partial charge < -0.3 is 0 Å². The second-order valence-corrected chi connectivity index (χ2v) is 33.8. The Kier molecular flexibility index (Phi) is 18.7. The van der Waals surface area contributed by atoms with Crippen molar-refractivity contribution in [3.8, 4) is 101 Å². The van der Waals surface area contributed by atoms with Crippen LogP contribution < -0.4 is 0 Å². The number of nitrogens with zero attached hydrogens (tertiary/aromatic N) is 9. The van der Waals surface area contributed by atoms with E-state index in [1.54, 1.807) is 24.8 Å². The minimum atomic E-state index is 0.844. The van der Waals surface area contributed by atoms with Crippen LogP contribution in [0.3, 0.4) is 0 Å². The van der Waals surface area contributed by atoms with Gasteiger partial charge in [-0.25, -0.2) is 29.9 Å². The van der Waals surface area contributed by atoms with Crippen molar-refractivity contribution in [1.82, 2.24) is 44.9 Å². The van der Waals surface area contributed by atoms with Gasteiger partial charge in [0.2, 0.25) is 0 Å². The Hall–Kier alpha value is -17.8. The molecule has 0 atom stereocenters. The zero-order valence-corrected chi connectivity index (χ0v) is 71.3. The molecule has 0 bridgehead atoms. The normalized spacial score (nSPS) is 11.6. The lowest BCUT2D eigenvalue weighted by Gasteiger charge is -2.12. The number of hydrogen-bond donors (Lipinski definition) is 0. The third-order valence-electron chi connectivity index (χ3n) is 26.1. The number of rotatable bonds is 9. The van der Waals surface area contributed by atoms with Crippen LogP contribution >= 0.6 is 0 Å². The van der Waals surface area contributed by atoms with Gasteiger partial charge in [0.05, 0.1) is 78.7 Å². The second-order valence-electron chi connectivity index (χ2n) is 33.8. The van der Waals surface area contributed by atoms with E-state index in [9.17, 15) is 0 Å². The van der Waals surface area contributed by atoms with Crippen LogP contribution in [0.1, 0.15) is 0 Å². The molecular formula is C123H75N9. The van der Waals surface area contributed by atoms with Gasteiger partial charge in [0.25, 0.3) is 0 Å². The van der Waals surface area contributed by atoms with Gasteiger partial charge in [-0.3, -0.25) is 15.0 Å². The van der Waals surface area contributed by atoms with Crippen LogP contribution in [-0.2, 0) is 0 Å². The summed E-state index contributed by atoms with van der Waals surface area (Å²) < 4.78 is 0. The largest absolute Gasteiger partial charge is 0.265 e. The summed E-state index contributed by atoms with van der Waals surface area (Å²) in [4.78, 5) is 43.7. The lowest BCUT2D eigenvalue weighted by Crippen LogP contribution is -1.92. The molecule has 612 valence electrons. The maximum atomic E-state index is 5.19. The summed E-state index contributed by atoms with van der Waals surface area (Å²) in [5.41, 5.74) is 23.9. The topological polar surface area (TPSA) is 116 Å². The molecule has 0 aliphatic heterocycles. The monoisotopic (exact) mass is 1680 g/mol. The maximum absolute atomic E-state index is 5.19. The molecule has 0 N–H and O–H groups in total. The summed E-state index contributed by atoms with van der Waals surface area (Å²) in [6, 6.07) is 153. The average molecular weight is 1680 g/mol. The van der Waals surface area contributed by atoms with E-state index in [1.165, 1.54) is 125 Å². The van der Waals surface area contributed by atoms with Gasteiger partial charge in [-0.1, -0.05) is 334 Å². The predicted octanol–water partition coefficient (Wildman–Crippen LogP) is 31.9. The van der Waals surface area contributed by atoms with Gasteiger partial charge in [0, 0.05) is 79.4 Å². The van der Waals surface area contributed by atoms with Crippen LogP contribution in [0.5, 0.6) is 0 Å². The zero-order valence-electron chi connectivity index (χ0n) is 71.3. The molecule has 0 amide bonds. The van der Waals surface area contributed by atoms with Crippen LogP contribution in [0.4, 0.5) is 0 Å². The summed E-state index contributed by atoms with van der Waals surface area (Å²) in [6.07, 6.45) is 7.19. The molecule has 27 aromatic rings. The van der Waals surface area contributed by atoms with Gasteiger partial charge in [0.1, 0.15) is 0 Å². The molecule has 0 spiro atoms. The van der Waals surface area contributed by atoms with Crippen molar-refractivity contribution in [3.05, 3.63) is 455 Å². The van der Waals surface area contributed by atoms with Crippen molar-refractivity contribution in [2.24, 2.45) is 0 Å². The van der Waals surface area contributed by atoms with E-state index in [4.69, 9.17) is 29.9 Å². The minimum Gasteiger partial charge on any atom is -0.265 e. The van der Waals surface area contributed by atoms with Crippen LogP contribution in [0.15, 0.2) is 455 Å². The lowest BCUT2D eigenvalue weighted by atomic mass is 9.91. The van der Waals surface area contributed by atoms with E-state index in [0.29, 0.717) is 0 Å². The van der Waals surface area contributed by atoms with Crippen molar-refractivity contribution >= 4 is 162 Å². The van der Waals surface area contributed by atoms with Gasteiger partial charge in [-0.15, -0.1) is 0 Å². The van der Waals surface area contributed by atoms with Crippen molar-refractivity contribution < 1.29 is 0 Å². The summed E-state index contributed by atoms with van der Waals surface area (Å²) in [7, 11) is 0. The van der Waals surface area contributed by atoms with Gasteiger partial charge in [-0.05, 0) is 227 Å². The molecule has 0 saturated heterocycles. The Morgan fingerprint density at radius 3 is 0.636 bits per heavy atom. The number of hydrogen-bond acceptors (Lipinski definition) is 9. The van der Waals surface area contributed by atoms with Crippen molar-refractivity contribution in [1.29, 1.82) is 0 Å². The Morgan fingerprint density at radius 1 is 0.114 bits per heavy atom. The van der Waals surface area contributed by atoms with Gasteiger partial charge in [-0.2, -0.15) is 0 Å². The summed E-state index contributed by atoms with van der Waals surface area (Å²) in [5, 5.41) is 29.6. The van der Waals surface area contributed by atoms with E-state index in [2.05, 4.69) is 385 Å². The van der Waals surface area contributed by atoms with Gasteiger partial charge >= 0.3 is 0 Å². The molecule has 9 heterocycles. The van der Waals surface area contributed by atoms with Crippen LogP contribution in [-0.4, -0.2) is 44.9 Å². The second kappa shape index (κ2) is 32.3. The molecule has 0 saturated carbocycles. The standard InChI is InChI=1S/3C41H25N3/c1-2-12-33-31(10-1)32-11-3-4-13-34(32)36-25-29(17-20-35(33)36)28-8-7-9-30(24-28)37-21-18-26-15-16-27-19-22-39(38-14-5-6-23-42-38)44-41(27)40(26)43-37;1-2-9-33-31(7-1)32-8-3-4-10-34(32)36-25-30(18-21-35(33)36)26-12-14-27(15-13-26)37-22-19-28-16-17-29-20-23-39(38-11-5-6-24-42-38)44-41(29)40(28)43-37;1-2-7-34-32(5-1)33-6-3-4-8-35(33)37-25-31(15-18-36(34)37)26-9-11-27(12-10-26)38-19-16-29-13-14-30-17-20-39(28-21-23-42-24-22-28)44-41(30)40(29)43-38/h3*1-25H. The first-order valence-electron chi connectivity index (χ1n) is 44.6. The fraction of sp³-hybridized carbons (Fsp3) is 0. The Bertz CT molecular complexity index is 8860. The highest BCUT2D eigenvalue weighted by Gasteiger charge is 2.19. The fourth-order valence-corrected chi connectivity index (χ4v) is 19.6. The number of benzene rings is 18. The molecule has 0 unspecified atom stereocenters. The first kappa shape index (κ1) is 76.6. The quantitative estimate of drug-likeness (QED) is 0.130. The highest BCUT2D eigenvalue weighted by Crippen LogP contribution is 2.44. The first-order chi connectivity index (χ1) is 65.4. The molecule has 0 aliphatic rings. The van der Waals surface area contributed by atoms with E-state index in [-0.39, 0.29) is 0 Å². The van der Waals surface area contributed by atoms with Crippen LogP contribution in [0.25, 0.3) is 264 Å².